The van der Waals surface area contributed by atoms with Crippen LogP contribution in [0.2, 0.25) is 0 Å². The molecule has 5 nitrogen and oxygen atoms in total. The van der Waals surface area contributed by atoms with Crippen molar-refractivity contribution in [3.05, 3.63) is 46.0 Å². The monoisotopic (exact) mass is 303 g/mol. The Balaban J connectivity index is 2.09. The van der Waals surface area contributed by atoms with Crippen molar-refractivity contribution in [1.29, 1.82) is 0 Å². The minimum atomic E-state index is -0.447. The number of amides is 1. The van der Waals surface area contributed by atoms with Crippen molar-refractivity contribution in [2.45, 2.75) is 25.9 Å². The van der Waals surface area contributed by atoms with Crippen molar-refractivity contribution >= 4 is 16.8 Å². The van der Waals surface area contributed by atoms with Gasteiger partial charge in [0.2, 0.25) is 5.56 Å². The Morgan fingerprint density at radius 1 is 1.32 bits per heavy atom. The molecule has 2 atom stereocenters. The fourth-order valence-corrected chi connectivity index (χ4v) is 2.91. The molecule has 1 saturated heterocycles. The molecule has 1 aromatic carbocycles. The number of fused-ring (bicyclic) bond motifs is 1. The van der Waals surface area contributed by atoms with E-state index in [1.807, 2.05) is 13.8 Å². The molecule has 1 amide bonds. The summed E-state index contributed by atoms with van der Waals surface area (Å²) in [6, 6.07) is 5.56. The summed E-state index contributed by atoms with van der Waals surface area (Å²) in [6.45, 7) is 5.30. The molecule has 0 radical (unpaired) electrons. The zero-order valence-corrected chi connectivity index (χ0v) is 12.5. The molecule has 1 fully saturated rings. The van der Waals surface area contributed by atoms with Gasteiger partial charge in [0, 0.05) is 36.6 Å². The lowest BCUT2D eigenvalue weighted by Crippen LogP contribution is -2.57. The number of aromatic amines is 1. The van der Waals surface area contributed by atoms with E-state index in [1.54, 1.807) is 4.90 Å². The molecule has 1 aromatic heterocycles. The number of aromatic nitrogens is 1. The maximum Gasteiger partial charge on any atom is 0.255 e. The summed E-state index contributed by atoms with van der Waals surface area (Å²) < 4.78 is 13.3. The molecule has 3 rings (SSSR count). The van der Waals surface area contributed by atoms with Crippen molar-refractivity contribution in [2.75, 3.05) is 13.1 Å². The zero-order chi connectivity index (χ0) is 15.9. The summed E-state index contributed by atoms with van der Waals surface area (Å²) in [5.74, 6) is -0.638. The Morgan fingerprint density at radius 3 is 2.86 bits per heavy atom. The largest absolute Gasteiger partial charge is 0.333 e. The number of nitrogens with zero attached hydrogens (tertiary/aromatic N) is 1. The summed E-state index contributed by atoms with van der Waals surface area (Å²) in [6.07, 6.45) is 0. The van der Waals surface area contributed by atoms with Gasteiger partial charge >= 0.3 is 0 Å². The van der Waals surface area contributed by atoms with Crippen molar-refractivity contribution in [2.24, 2.45) is 0 Å². The number of rotatable bonds is 1. The number of carbonyl (C=O) groups is 1. The third kappa shape index (κ3) is 2.50. The van der Waals surface area contributed by atoms with E-state index in [9.17, 15) is 14.0 Å². The van der Waals surface area contributed by atoms with Gasteiger partial charge in [0.15, 0.2) is 0 Å². The standard InChI is InChI=1S/C16H18FN3O2/c1-9-10(2)20(6-5-18-9)16(22)13-8-15(21)19-14-7-11(17)3-4-12(13)14/h3-4,7-10,18H,5-6H2,1-2H3,(H,19,21). The van der Waals surface area contributed by atoms with Crippen LogP contribution in [0.25, 0.3) is 10.9 Å². The first-order valence-corrected chi connectivity index (χ1v) is 7.34. The number of hydrogen-bond acceptors (Lipinski definition) is 3. The molecule has 1 aliphatic heterocycles. The van der Waals surface area contributed by atoms with E-state index in [1.165, 1.54) is 24.3 Å². The van der Waals surface area contributed by atoms with Gasteiger partial charge in [-0.1, -0.05) is 0 Å². The number of pyridine rings is 1. The van der Waals surface area contributed by atoms with Gasteiger partial charge in [-0.2, -0.15) is 0 Å². The fourth-order valence-electron chi connectivity index (χ4n) is 2.91. The van der Waals surface area contributed by atoms with Gasteiger partial charge in [0.1, 0.15) is 5.82 Å². The first kappa shape index (κ1) is 14.7. The first-order chi connectivity index (χ1) is 10.5. The van der Waals surface area contributed by atoms with Crippen LogP contribution in [0.3, 0.4) is 0 Å². The van der Waals surface area contributed by atoms with Crippen LogP contribution >= 0.6 is 0 Å². The van der Waals surface area contributed by atoms with E-state index in [2.05, 4.69) is 10.3 Å². The Kier molecular flexibility index (Phi) is 3.70. The molecular formula is C16H18FN3O2. The van der Waals surface area contributed by atoms with E-state index in [0.29, 0.717) is 29.6 Å². The maximum atomic E-state index is 13.3. The number of H-pyrrole nitrogens is 1. The van der Waals surface area contributed by atoms with E-state index < -0.39 is 11.4 Å². The summed E-state index contributed by atoms with van der Waals surface area (Å²) >= 11 is 0. The molecule has 2 N–H and O–H groups in total. The normalized spacial score (nSPS) is 22.0. The van der Waals surface area contributed by atoms with Gasteiger partial charge in [0.25, 0.3) is 5.91 Å². The number of carbonyl (C=O) groups excluding carboxylic acids is 1. The zero-order valence-electron chi connectivity index (χ0n) is 12.5. The molecule has 2 aromatic rings. The van der Waals surface area contributed by atoms with Gasteiger partial charge in [-0.05, 0) is 32.0 Å². The van der Waals surface area contributed by atoms with Crippen LogP contribution in [0.5, 0.6) is 0 Å². The highest BCUT2D eigenvalue weighted by Crippen LogP contribution is 2.20. The quantitative estimate of drug-likeness (QED) is 0.839. The number of benzene rings is 1. The number of piperazine rings is 1. The molecule has 1 aliphatic rings. The Labute approximate surface area is 127 Å². The lowest BCUT2D eigenvalue weighted by atomic mass is 10.0. The lowest BCUT2D eigenvalue weighted by Gasteiger charge is -2.38. The van der Waals surface area contributed by atoms with Crippen LogP contribution in [0.4, 0.5) is 4.39 Å². The molecular weight excluding hydrogens is 285 g/mol. The highest BCUT2D eigenvalue weighted by molar-refractivity contribution is 6.06. The molecule has 0 saturated carbocycles. The second-order valence-electron chi connectivity index (χ2n) is 5.72. The summed E-state index contributed by atoms with van der Waals surface area (Å²) in [5, 5.41) is 3.87. The third-order valence-electron chi connectivity index (χ3n) is 4.33. The highest BCUT2D eigenvalue weighted by atomic mass is 19.1. The Morgan fingerprint density at radius 2 is 2.09 bits per heavy atom. The lowest BCUT2D eigenvalue weighted by molar-refractivity contribution is 0.0605. The molecule has 0 aliphatic carbocycles. The summed E-state index contributed by atoms with van der Waals surface area (Å²) in [7, 11) is 0. The molecule has 2 heterocycles. The van der Waals surface area contributed by atoms with Crippen LogP contribution in [0.1, 0.15) is 24.2 Å². The second kappa shape index (κ2) is 5.53. The average molecular weight is 303 g/mol. The van der Waals surface area contributed by atoms with Gasteiger partial charge in [0.05, 0.1) is 11.1 Å². The maximum absolute atomic E-state index is 13.3. The molecule has 0 spiro atoms. The van der Waals surface area contributed by atoms with Crippen LogP contribution in [-0.4, -0.2) is 41.0 Å². The van der Waals surface area contributed by atoms with Crippen LogP contribution < -0.4 is 10.9 Å². The van der Waals surface area contributed by atoms with E-state index in [4.69, 9.17) is 0 Å². The minimum absolute atomic E-state index is 0.0241. The highest BCUT2D eigenvalue weighted by Gasteiger charge is 2.29. The molecule has 22 heavy (non-hydrogen) atoms. The molecule has 6 heteroatoms. The van der Waals surface area contributed by atoms with Crippen LogP contribution in [-0.2, 0) is 0 Å². The second-order valence-corrected chi connectivity index (χ2v) is 5.72. The Bertz CT molecular complexity index is 787. The molecule has 2 unspecified atom stereocenters. The van der Waals surface area contributed by atoms with E-state index in [-0.39, 0.29) is 18.0 Å². The number of nitrogens with one attached hydrogen (secondary N) is 2. The van der Waals surface area contributed by atoms with Crippen molar-refractivity contribution < 1.29 is 9.18 Å². The summed E-state index contributed by atoms with van der Waals surface area (Å²) in [4.78, 5) is 29.0. The van der Waals surface area contributed by atoms with Crippen molar-refractivity contribution in [3.63, 3.8) is 0 Å². The van der Waals surface area contributed by atoms with E-state index in [0.717, 1.165) is 0 Å². The number of hydrogen-bond donors (Lipinski definition) is 2. The fraction of sp³-hybridized carbons (Fsp3) is 0.375. The molecule has 116 valence electrons. The Hall–Kier alpha value is -2.21. The van der Waals surface area contributed by atoms with Gasteiger partial charge < -0.3 is 15.2 Å². The predicted octanol–water partition coefficient (Wildman–Crippen LogP) is 1.49. The average Bonchev–Trinajstić information content (AvgIpc) is 2.48. The van der Waals surface area contributed by atoms with Crippen LogP contribution in [0.15, 0.2) is 29.1 Å². The molecule has 0 bridgehead atoms. The SMILES string of the molecule is CC1NCCN(C(=O)c2cc(=O)[nH]c3cc(F)ccc23)C1C. The minimum Gasteiger partial charge on any atom is -0.333 e. The van der Waals surface area contributed by atoms with E-state index >= 15 is 0 Å². The van der Waals surface area contributed by atoms with Gasteiger partial charge in [-0.25, -0.2) is 4.39 Å². The first-order valence-electron chi connectivity index (χ1n) is 7.34. The topological polar surface area (TPSA) is 65.2 Å². The van der Waals surface area contributed by atoms with Crippen molar-refractivity contribution in [1.82, 2.24) is 15.2 Å². The predicted molar refractivity (Wildman–Crippen MR) is 82.5 cm³/mol. The third-order valence-corrected chi connectivity index (χ3v) is 4.33. The smallest absolute Gasteiger partial charge is 0.255 e. The van der Waals surface area contributed by atoms with Gasteiger partial charge in [-0.3, -0.25) is 9.59 Å². The summed E-state index contributed by atoms with van der Waals surface area (Å²) in [5.41, 5.74) is 0.253. The van der Waals surface area contributed by atoms with Crippen molar-refractivity contribution in [3.8, 4) is 0 Å². The number of halogens is 1. The van der Waals surface area contributed by atoms with Crippen LogP contribution in [0, 0.1) is 5.82 Å². The van der Waals surface area contributed by atoms with Gasteiger partial charge in [-0.15, -0.1) is 0 Å².